The summed E-state index contributed by atoms with van der Waals surface area (Å²) in [6, 6.07) is 7.61. The van der Waals surface area contributed by atoms with Crippen molar-refractivity contribution >= 4 is 32.9 Å². The van der Waals surface area contributed by atoms with E-state index in [4.69, 9.17) is 14.6 Å². The molecule has 0 unspecified atom stereocenters. The Labute approximate surface area is 178 Å². The van der Waals surface area contributed by atoms with Crippen LogP contribution in [0.1, 0.15) is 41.1 Å². The van der Waals surface area contributed by atoms with Crippen LogP contribution in [0.3, 0.4) is 0 Å². The Morgan fingerprint density at radius 1 is 1.20 bits per heavy atom. The summed E-state index contributed by atoms with van der Waals surface area (Å²) < 4.78 is 6.94. The topological polar surface area (TPSA) is 73.6 Å². The van der Waals surface area contributed by atoms with Gasteiger partial charge in [0.05, 0.1) is 18.2 Å². The average Bonchev–Trinajstić information content (AvgIpc) is 3.26. The van der Waals surface area contributed by atoms with Gasteiger partial charge in [-0.15, -0.1) is 16.4 Å². The molecule has 0 fully saturated rings. The minimum Gasteiger partial charge on any atom is -0.497 e. The van der Waals surface area contributed by atoms with Gasteiger partial charge in [-0.1, -0.05) is 13.0 Å². The van der Waals surface area contributed by atoms with E-state index in [9.17, 15) is 0 Å². The molecule has 1 N–H and O–H groups in total. The number of rotatable bonds is 6. The van der Waals surface area contributed by atoms with Crippen LogP contribution in [0.2, 0.25) is 0 Å². The van der Waals surface area contributed by atoms with Crippen molar-refractivity contribution in [2.45, 2.75) is 38.7 Å². The first-order valence-corrected chi connectivity index (χ1v) is 10.9. The van der Waals surface area contributed by atoms with E-state index in [0.29, 0.717) is 11.5 Å². The molecule has 4 aromatic rings. The molecule has 30 heavy (non-hydrogen) atoms. The van der Waals surface area contributed by atoms with Crippen molar-refractivity contribution in [3.63, 3.8) is 0 Å². The van der Waals surface area contributed by atoms with Crippen molar-refractivity contribution in [2.24, 2.45) is 0 Å². The van der Waals surface area contributed by atoms with Crippen molar-refractivity contribution in [1.29, 1.82) is 0 Å². The number of aryl methyl sites for hydroxylation is 2. The number of hydrogen-bond acceptors (Lipinski definition) is 7. The van der Waals surface area contributed by atoms with Gasteiger partial charge in [-0.3, -0.25) is 10.3 Å². The molecular formula is C22H23N5O2S. The zero-order valence-electron chi connectivity index (χ0n) is 16.9. The molecular weight excluding hydrogens is 398 g/mol. The van der Waals surface area contributed by atoms with Gasteiger partial charge < -0.3 is 4.74 Å². The zero-order valence-corrected chi connectivity index (χ0v) is 17.7. The van der Waals surface area contributed by atoms with Crippen molar-refractivity contribution in [1.82, 2.24) is 25.1 Å². The van der Waals surface area contributed by atoms with Crippen molar-refractivity contribution in [3.8, 4) is 5.75 Å². The monoisotopic (exact) mass is 421 g/mol. The van der Waals surface area contributed by atoms with Gasteiger partial charge >= 0.3 is 0 Å². The van der Waals surface area contributed by atoms with Crippen LogP contribution in [0.25, 0.3) is 21.6 Å². The summed E-state index contributed by atoms with van der Waals surface area (Å²) in [5, 5.41) is 5.70. The van der Waals surface area contributed by atoms with Crippen molar-refractivity contribution in [3.05, 3.63) is 59.0 Å². The zero-order chi connectivity index (χ0) is 20.5. The number of nitrogens with one attached hydrogen (secondary N) is 1. The lowest BCUT2D eigenvalue weighted by molar-refractivity contribution is 0.0603. The fourth-order valence-corrected chi connectivity index (χ4v) is 5.10. The van der Waals surface area contributed by atoms with Gasteiger partial charge in [-0.05, 0) is 61.1 Å². The number of fused-ring (bicyclic) bond motifs is 5. The van der Waals surface area contributed by atoms with Crippen LogP contribution >= 0.6 is 11.3 Å². The molecule has 0 radical (unpaired) electrons. The molecule has 1 aliphatic carbocycles. The lowest BCUT2D eigenvalue weighted by atomic mass is 10.1. The minimum atomic E-state index is 0.227. The Bertz CT molecular complexity index is 1210. The first-order chi connectivity index (χ1) is 14.7. The van der Waals surface area contributed by atoms with Crippen LogP contribution < -0.4 is 10.2 Å². The summed E-state index contributed by atoms with van der Waals surface area (Å²) >= 11 is 1.80. The van der Waals surface area contributed by atoms with Crippen LogP contribution in [0.5, 0.6) is 5.75 Å². The number of thiophene rings is 1. The van der Waals surface area contributed by atoms with Crippen LogP contribution in [0, 0.1) is 0 Å². The number of methoxy groups -OCH3 is 1. The van der Waals surface area contributed by atoms with E-state index in [0.717, 1.165) is 40.0 Å². The molecule has 154 valence electrons. The van der Waals surface area contributed by atoms with Crippen LogP contribution in [-0.2, 0) is 24.3 Å². The predicted molar refractivity (Wildman–Crippen MR) is 117 cm³/mol. The standard InChI is InChI=1S/C22H23N5O2S/c1-14(15-8-10-16(28-2)11-9-15)26-29-12-19-24-21-20-17-6-4-3-5-7-18(17)30-22(20)23-13-27(21)25-19/h8-11,13,26H,1,3-7,12H2,2H3. The second-order valence-electron chi connectivity index (χ2n) is 7.38. The van der Waals surface area contributed by atoms with E-state index in [1.54, 1.807) is 29.3 Å². The largest absolute Gasteiger partial charge is 0.497 e. The lowest BCUT2D eigenvalue weighted by Gasteiger charge is -2.09. The molecule has 0 amide bonds. The average molecular weight is 422 g/mol. The summed E-state index contributed by atoms with van der Waals surface area (Å²) in [7, 11) is 1.64. The third kappa shape index (κ3) is 3.53. The number of hydrogen-bond donors (Lipinski definition) is 1. The number of ether oxygens (including phenoxy) is 1. The SMILES string of the molecule is C=C(NOCc1nc2c3c4c(sc3ncn2n1)CCCCC4)c1ccc(OC)cc1. The number of benzene rings is 1. The summed E-state index contributed by atoms with van der Waals surface area (Å²) in [6.45, 7) is 4.24. The van der Waals surface area contributed by atoms with Gasteiger partial charge in [0.25, 0.3) is 0 Å². The molecule has 8 heteroatoms. The third-order valence-corrected chi connectivity index (χ3v) is 6.62. The van der Waals surface area contributed by atoms with Crippen LogP contribution in [0.4, 0.5) is 0 Å². The lowest BCUT2D eigenvalue weighted by Crippen LogP contribution is -2.12. The second-order valence-corrected chi connectivity index (χ2v) is 8.47. The quantitative estimate of drug-likeness (QED) is 0.369. The van der Waals surface area contributed by atoms with Gasteiger partial charge in [0.1, 0.15) is 23.5 Å². The first kappa shape index (κ1) is 19.0. The van der Waals surface area contributed by atoms with E-state index >= 15 is 0 Å². The highest BCUT2D eigenvalue weighted by Crippen LogP contribution is 2.36. The molecule has 7 nitrogen and oxygen atoms in total. The van der Waals surface area contributed by atoms with Crippen molar-refractivity contribution < 1.29 is 9.57 Å². The Morgan fingerprint density at radius 2 is 2.03 bits per heavy atom. The Hall–Kier alpha value is -2.97. The number of nitrogens with zero attached hydrogens (tertiary/aromatic N) is 4. The predicted octanol–water partition coefficient (Wildman–Crippen LogP) is 4.31. The molecule has 3 heterocycles. The first-order valence-electron chi connectivity index (χ1n) is 10.1. The van der Waals surface area contributed by atoms with Gasteiger partial charge in [-0.2, -0.15) is 0 Å². The summed E-state index contributed by atoms with van der Waals surface area (Å²) in [5.41, 5.74) is 6.75. The van der Waals surface area contributed by atoms with Gasteiger partial charge in [0, 0.05) is 4.88 Å². The second kappa shape index (κ2) is 8.04. The number of hydroxylamine groups is 1. The highest BCUT2D eigenvalue weighted by Gasteiger charge is 2.20. The smallest absolute Gasteiger partial charge is 0.180 e. The fraction of sp³-hybridized carbons (Fsp3) is 0.318. The third-order valence-electron chi connectivity index (χ3n) is 5.42. The summed E-state index contributed by atoms with van der Waals surface area (Å²) in [6.07, 6.45) is 7.75. The molecule has 0 saturated heterocycles. The highest BCUT2D eigenvalue weighted by atomic mass is 32.1. The minimum absolute atomic E-state index is 0.227. The molecule has 3 aromatic heterocycles. The van der Waals surface area contributed by atoms with Crippen LogP contribution in [0.15, 0.2) is 37.2 Å². The van der Waals surface area contributed by atoms with E-state index in [1.807, 2.05) is 24.3 Å². The molecule has 0 aliphatic heterocycles. The molecule has 1 aromatic carbocycles. The molecule has 0 bridgehead atoms. The van der Waals surface area contributed by atoms with Gasteiger partial charge in [0.15, 0.2) is 11.5 Å². The van der Waals surface area contributed by atoms with Gasteiger partial charge in [-0.25, -0.2) is 14.5 Å². The van der Waals surface area contributed by atoms with E-state index in [-0.39, 0.29) is 6.61 Å². The summed E-state index contributed by atoms with van der Waals surface area (Å²) in [5.74, 6) is 1.40. The molecule has 0 saturated carbocycles. The Morgan fingerprint density at radius 3 is 2.87 bits per heavy atom. The van der Waals surface area contributed by atoms with Gasteiger partial charge in [0.2, 0.25) is 0 Å². The molecule has 1 aliphatic rings. The van der Waals surface area contributed by atoms with Crippen molar-refractivity contribution in [2.75, 3.05) is 7.11 Å². The maximum atomic E-state index is 5.61. The van der Waals surface area contributed by atoms with E-state index in [1.165, 1.54) is 29.7 Å². The molecule has 0 atom stereocenters. The maximum Gasteiger partial charge on any atom is 0.180 e. The normalized spacial score (nSPS) is 13.9. The Balaban J connectivity index is 1.33. The van der Waals surface area contributed by atoms with E-state index < -0.39 is 0 Å². The van der Waals surface area contributed by atoms with E-state index in [2.05, 4.69) is 22.1 Å². The highest BCUT2D eigenvalue weighted by molar-refractivity contribution is 7.19. The summed E-state index contributed by atoms with van der Waals surface area (Å²) in [4.78, 5) is 17.5. The van der Waals surface area contributed by atoms with Crippen LogP contribution in [-0.4, -0.2) is 26.7 Å². The fourth-order valence-electron chi connectivity index (χ4n) is 3.88. The number of aromatic nitrogens is 4. The molecule has 5 rings (SSSR count). The maximum absolute atomic E-state index is 5.61. The molecule has 0 spiro atoms. The Kier molecular flexibility index (Phi) is 5.10.